The van der Waals surface area contributed by atoms with Crippen LogP contribution in [0.3, 0.4) is 0 Å². The minimum atomic E-state index is -0.423. The molecule has 0 aliphatic carbocycles. The van der Waals surface area contributed by atoms with E-state index in [0.717, 1.165) is 4.90 Å². The Morgan fingerprint density at radius 3 is 2.50 bits per heavy atom. The largest absolute Gasteiger partial charge is 0.460 e. The molecule has 1 aromatic rings. The van der Waals surface area contributed by atoms with Gasteiger partial charge in [-0.2, -0.15) is 0 Å². The van der Waals surface area contributed by atoms with E-state index in [1.165, 1.54) is 4.90 Å². The van der Waals surface area contributed by atoms with Crippen LogP contribution in [0.4, 0.5) is 4.79 Å². The zero-order valence-electron chi connectivity index (χ0n) is 13.4. The minimum absolute atomic E-state index is 0.0269. The molecule has 2 fully saturated rings. The van der Waals surface area contributed by atoms with E-state index in [1.54, 1.807) is 30.4 Å². The summed E-state index contributed by atoms with van der Waals surface area (Å²) in [5.74, 6) is -0.559. The normalized spacial score (nSPS) is 19.1. The van der Waals surface area contributed by atoms with Gasteiger partial charge in [-0.05, 0) is 6.07 Å². The third kappa shape index (κ3) is 3.44. The molecular weight excluding hydrogens is 314 g/mol. The fraction of sp³-hybridized carbons (Fsp3) is 0.533. The summed E-state index contributed by atoms with van der Waals surface area (Å²) < 4.78 is 5.68. The standard InChI is InChI=1S/C15H19N5O4/c1-18-9-13(22)20(15(18)23)10-12(21)19-7-3-11(4-8-19)24-14-16-5-2-6-17-14/h2,5-6,11H,3-4,7-10H2,1H3. The van der Waals surface area contributed by atoms with Crippen molar-refractivity contribution in [1.29, 1.82) is 0 Å². The van der Waals surface area contributed by atoms with Crippen LogP contribution in [0.25, 0.3) is 0 Å². The number of urea groups is 1. The maximum atomic E-state index is 12.3. The van der Waals surface area contributed by atoms with Crippen LogP contribution in [0, 0.1) is 0 Å². The molecule has 0 aromatic carbocycles. The highest BCUT2D eigenvalue weighted by Gasteiger charge is 2.36. The molecule has 9 heteroatoms. The van der Waals surface area contributed by atoms with Crippen LogP contribution in [-0.2, 0) is 9.59 Å². The summed E-state index contributed by atoms with van der Waals surface area (Å²) in [6, 6.07) is 1.62. The molecule has 0 spiro atoms. The van der Waals surface area contributed by atoms with E-state index < -0.39 is 6.03 Å². The van der Waals surface area contributed by atoms with Crippen molar-refractivity contribution in [1.82, 2.24) is 24.7 Å². The zero-order chi connectivity index (χ0) is 17.1. The summed E-state index contributed by atoms with van der Waals surface area (Å²) in [7, 11) is 1.54. The molecular formula is C15H19N5O4. The molecule has 0 atom stereocenters. The molecule has 24 heavy (non-hydrogen) atoms. The summed E-state index contributed by atoms with van der Waals surface area (Å²) in [6.07, 6.45) is 4.50. The smallest absolute Gasteiger partial charge is 0.327 e. The highest BCUT2D eigenvalue weighted by Crippen LogP contribution is 2.16. The summed E-state index contributed by atoms with van der Waals surface area (Å²) >= 11 is 0. The van der Waals surface area contributed by atoms with Gasteiger partial charge in [0.05, 0.1) is 0 Å². The van der Waals surface area contributed by atoms with Crippen LogP contribution in [0.2, 0.25) is 0 Å². The van der Waals surface area contributed by atoms with Gasteiger partial charge in [-0.25, -0.2) is 14.8 Å². The summed E-state index contributed by atoms with van der Waals surface area (Å²) in [4.78, 5) is 47.9. The summed E-state index contributed by atoms with van der Waals surface area (Å²) in [5, 5.41) is 0. The average Bonchev–Trinajstić information content (AvgIpc) is 2.83. The third-order valence-corrected chi connectivity index (χ3v) is 4.13. The number of hydrogen-bond donors (Lipinski definition) is 0. The Morgan fingerprint density at radius 1 is 1.25 bits per heavy atom. The lowest BCUT2D eigenvalue weighted by Gasteiger charge is -2.32. The molecule has 0 unspecified atom stereocenters. The molecule has 2 saturated heterocycles. The molecule has 2 aliphatic rings. The average molecular weight is 333 g/mol. The Hall–Kier alpha value is -2.71. The van der Waals surface area contributed by atoms with Gasteiger partial charge in [0, 0.05) is 45.4 Å². The van der Waals surface area contributed by atoms with Crippen molar-refractivity contribution in [3.63, 3.8) is 0 Å². The minimum Gasteiger partial charge on any atom is -0.460 e. The number of hydrogen-bond acceptors (Lipinski definition) is 6. The molecule has 0 bridgehead atoms. The number of aromatic nitrogens is 2. The maximum Gasteiger partial charge on any atom is 0.327 e. The number of rotatable bonds is 4. The van der Waals surface area contributed by atoms with Gasteiger partial charge in [0.2, 0.25) is 5.91 Å². The van der Waals surface area contributed by atoms with Gasteiger partial charge in [-0.3, -0.25) is 14.5 Å². The summed E-state index contributed by atoms with van der Waals surface area (Å²) in [6.45, 7) is 0.860. The van der Waals surface area contributed by atoms with Gasteiger partial charge in [0.15, 0.2) is 0 Å². The third-order valence-electron chi connectivity index (χ3n) is 4.13. The van der Waals surface area contributed by atoms with Crippen LogP contribution in [0.5, 0.6) is 6.01 Å². The van der Waals surface area contributed by atoms with Gasteiger partial charge < -0.3 is 14.5 Å². The molecule has 1 aromatic heterocycles. The van der Waals surface area contributed by atoms with E-state index in [1.807, 2.05) is 0 Å². The fourth-order valence-electron chi connectivity index (χ4n) is 2.78. The number of likely N-dealkylation sites (N-methyl/N-ethyl adjacent to an activating group) is 1. The molecule has 0 radical (unpaired) electrons. The number of amides is 4. The van der Waals surface area contributed by atoms with E-state index in [2.05, 4.69) is 9.97 Å². The van der Waals surface area contributed by atoms with Crippen LogP contribution >= 0.6 is 0 Å². The number of carbonyl (C=O) groups is 3. The van der Waals surface area contributed by atoms with Gasteiger partial charge >= 0.3 is 12.0 Å². The van der Waals surface area contributed by atoms with Crippen molar-refractivity contribution in [3.05, 3.63) is 18.5 Å². The summed E-state index contributed by atoms with van der Waals surface area (Å²) in [5.41, 5.74) is 0. The lowest BCUT2D eigenvalue weighted by molar-refractivity contribution is -0.137. The quantitative estimate of drug-likeness (QED) is 0.705. The lowest BCUT2D eigenvalue weighted by Crippen LogP contribution is -2.47. The highest BCUT2D eigenvalue weighted by molar-refractivity contribution is 6.04. The first-order chi connectivity index (χ1) is 11.5. The molecule has 4 amide bonds. The second-order valence-corrected chi connectivity index (χ2v) is 5.85. The molecule has 128 valence electrons. The second-order valence-electron chi connectivity index (χ2n) is 5.85. The first-order valence-corrected chi connectivity index (χ1v) is 7.81. The molecule has 3 rings (SSSR count). The van der Waals surface area contributed by atoms with E-state index in [4.69, 9.17) is 4.74 Å². The Bertz CT molecular complexity index is 630. The zero-order valence-corrected chi connectivity index (χ0v) is 13.4. The predicted molar refractivity (Wildman–Crippen MR) is 82.0 cm³/mol. The number of imide groups is 1. The monoisotopic (exact) mass is 333 g/mol. The van der Waals surface area contributed by atoms with Crippen molar-refractivity contribution < 1.29 is 19.1 Å². The van der Waals surface area contributed by atoms with Gasteiger partial charge in [0.25, 0.3) is 5.91 Å². The van der Waals surface area contributed by atoms with Crippen LogP contribution < -0.4 is 4.74 Å². The van der Waals surface area contributed by atoms with Gasteiger partial charge in [-0.15, -0.1) is 0 Å². The van der Waals surface area contributed by atoms with E-state index in [0.29, 0.717) is 31.9 Å². The highest BCUT2D eigenvalue weighted by atomic mass is 16.5. The predicted octanol–water partition coefficient (Wildman–Crippen LogP) is -0.260. The van der Waals surface area contributed by atoms with Crippen molar-refractivity contribution >= 4 is 17.8 Å². The van der Waals surface area contributed by atoms with Gasteiger partial charge in [-0.1, -0.05) is 0 Å². The number of piperidine rings is 1. The van der Waals surface area contributed by atoms with Crippen molar-refractivity contribution in [2.45, 2.75) is 18.9 Å². The molecule has 3 heterocycles. The van der Waals surface area contributed by atoms with Crippen molar-refractivity contribution in [2.75, 3.05) is 33.2 Å². The molecule has 0 saturated carbocycles. The Kier molecular flexibility index (Phi) is 4.59. The maximum absolute atomic E-state index is 12.3. The van der Waals surface area contributed by atoms with E-state index >= 15 is 0 Å². The number of carbonyl (C=O) groups excluding carboxylic acids is 3. The number of likely N-dealkylation sites (tertiary alicyclic amines) is 1. The van der Waals surface area contributed by atoms with Crippen LogP contribution in [0.15, 0.2) is 18.5 Å². The van der Waals surface area contributed by atoms with E-state index in [9.17, 15) is 14.4 Å². The van der Waals surface area contributed by atoms with Crippen LogP contribution in [-0.4, -0.2) is 81.8 Å². The Morgan fingerprint density at radius 2 is 1.92 bits per heavy atom. The van der Waals surface area contributed by atoms with Crippen molar-refractivity contribution in [3.8, 4) is 6.01 Å². The second kappa shape index (κ2) is 6.81. The van der Waals surface area contributed by atoms with Crippen LogP contribution in [0.1, 0.15) is 12.8 Å². The number of nitrogens with zero attached hydrogens (tertiary/aromatic N) is 5. The molecule has 0 N–H and O–H groups in total. The first-order valence-electron chi connectivity index (χ1n) is 7.81. The molecule has 9 nitrogen and oxygen atoms in total. The lowest BCUT2D eigenvalue weighted by atomic mass is 10.1. The SMILES string of the molecule is CN1CC(=O)N(CC(=O)N2CCC(Oc3ncccn3)CC2)C1=O. The fourth-order valence-corrected chi connectivity index (χ4v) is 2.78. The van der Waals surface area contributed by atoms with Crippen molar-refractivity contribution in [2.24, 2.45) is 0 Å². The van der Waals surface area contributed by atoms with E-state index in [-0.39, 0.29) is 31.0 Å². The first kappa shape index (κ1) is 16.2. The Balaban J connectivity index is 1.49. The molecule has 2 aliphatic heterocycles. The number of ether oxygens (including phenoxy) is 1. The Labute approximate surface area is 139 Å². The van der Waals surface area contributed by atoms with Gasteiger partial charge in [0.1, 0.15) is 19.2 Å². The topological polar surface area (TPSA) is 95.9 Å².